The Bertz CT molecular complexity index is 1290. The fourth-order valence-electron chi connectivity index (χ4n) is 2.89. The summed E-state index contributed by atoms with van der Waals surface area (Å²) in [6, 6.07) is 11.4. The summed E-state index contributed by atoms with van der Waals surface area (Å²) in [4.78, 5) is 39.2. The third-order valence-corrected chi connectivity index (χ3v) is 5.46. The smallest absolute Gasteiger partial charge is 0.305 e. The van der Waals surface area contributed by atoms with Crippen molar-refractivity contribution in [2.24, 2.45) is 10.1 Å². The third kappa shape index (κ3) is 9.41. The van der Waals surface area contributed by atoms with Crippen molar-refractivity contribution in [1.82, 2.24) is 16.0 Å². The third-order valence-electron chi connectivity index (χ3n) is 4.53. The molecule has 190 valence electrons. The van der Waals surface area contributed by atoms with Gasteiger partial charge in [0.05, 0.1) is 24.4 Å². The number of rotatable bonds is 10. The van der Waals surface area contributed by atoms with E-state index in [0.717, 1.165) is 0 Å². The molecule has 36 heavy (non-hydrogen) atoms. The molecule has 0 fully saturated rings. The number of sulfonamides is 1. The molecule has 0 bridgehead atoms. The van der Waals surface area contributed by atoms with Crippen LogP contribution in [-0.4, -0.2) is 49.9 Å². The molecule has 0 radical (unpaired) electrons. The van der Waals surface area contributed by atoms with Crippen molar-refractivity contribution in [3.63, 3.8) is 0 Å². The van der Waals surface area contributed by atoms with E-state index < -0.39 is 33.8 Å². The van der Waals surface area contributed by atoms with Gasteiger partial charge >= 0.3 is 5.97 Å². The molecule has 2 aromatic rings. The number of carbonyl (C=O) groups excluding carboxylic acids is 2. The number of nitrogens with zero attached hydrogens (tertiary/aromatic N) is 2. The number of guanidine groups is 1. The summed E-state index contributed by atoms with van der Waals surface area (Å²) in [7, 11) is -3.81. The molecular weight excluding hydrogens is 490 g/mol. The van der Waals surface area contributed by atoms with Crippen LogP contribution in [-0.2, 0) is 26.2 Å². The van der Waals surface area contributed by atoms with Gasteiger partial charge in [-0.15, -0.1) is 0 Å². The molecule has 0 heterocycles. The van der Waals surface area contributed by atoms with Gasteiger partial charge in [-0.3, -0.25) is 19.7 Å². The van der Waals surface area contributed by atoms with Gasteiger partial charge in [-0.05, 0) is 42.8 Å². The number of anilines is 1. The Morgan fingerprint density at radius 1 is 1.17 bits per heavy atom. The van der Waals surface area contributed by atoms with E-state index in [0.29, 0.717) is 11.3 Å². The molecule has 2 rings (SSSR count). The zero-order chi connectivity index (χ0) is 26.7. The Labute approximate surface area is 207 Å². The lowest BCUT2D eigenvalue weighted by Crippen LogP contribution is -2.41. The van der Waals surface area contributed by atoms with E-state index in [-0.39, 0.29) is 35.9 Å². The van der Waals surface area contributed by atoms with Crippen LogP contribution in [0.4, 0.5) is 5.69 Å². The second-order valence-corrected chi connectivity index (χ2v) is 9.11. The van der Waals surface area contributed by atoms with Crippen LogP contribution in [0.1, 0.15) is 29.3 Å². The van der Waals surface area contributed by atoms with Crippen LogP contribution in [0.25, 0.3) is 0 Å². The Hall–Kier alpha value is -4.48. The number of amides is 2. The summed E-state index contributed by atoms with van der Waals surface area (Å²) in [5.41, 5.74) is 1.31. The molecule has 2 amide bonds. The van der Waals surface area contributed by atoms with Gasteiger partial charge in [-0.1, -0.05) is 18.2 Å². The van der Waals surface area contributed by atoms with Crippen molar-refractivity contribution in [1.29, 1.82) is 5.26 Å². The molecule has 14 heteroatoms. The van der Waals surface area contributed by atoms with Crippen LogP contribution >= 0.6 is 0 Å². The largest absolute Gasteiger partial charge is 0.481 e. The normalized spacial score (nSPS) is 12.1. The topological polar surface area (TPSA) is 216 Å². The number of primary sulfonamides is 1. The maximum Gasteiger partial charge on any atom is 0.305 e. The lowest BCUT2D eigenvalue weighted by Gasteiger charge is -2.12. The molecule has 7 N–H and O–H groups in total. The quantitative estimate of drug-likeness (QED) is 0.109. The van der Waals surface area contributed by atoms with Crippen molar-refractivity contribution in [2.45, 2.75) is 30.8 Å². The van der Waals surface area contributed by atoms with E-state index in [1.807, 2.05) is 0 Å². The van der Waals surface area contributed by atoms with E-state index in [4.69, 9.17) is 15.5 Å². The first kappa shape index (κ1) is 27.8. The molecule has 0 aliphatic rings. The van der Waals surface area contributed by atoms with Crippen molar-refractivity contribution >= 4 is 39.5 Å². The molecule has 1 atom stereocenters. The van der Waals surface area contributed by atoms with Crippen molar-refractivity contribution in [2.75, 3.05) is 11.9 Å². The number of carboxylic acids is 1. The number of nitrogens with two attached hydrogens (primary N) is 1. The van der Waals surface area contributed by atoms with E-state index in [1.54, 1.807) is 18.3 Å². The predicted molar refractivity (Wildman–Crippen MR) is 130 cm³/mol. The number of aliphatic imine (C=N–C) groups is 1. The monoisotopic (exact) mass is 515 g/mol. The summed E-state index contributed by atoms with van der Waals surface area (Å²) in [5.74, 6) is -2.04. The van der Waals surface area contributed by atoms with Gasteiger partial charge in [0, 0.05) is 17.3 Å². The van der Waals surface area contributed by atoms with Crippen molar-refractivity contribution in [3.8, 4) is 6.19 Å². The van der Waals surface area contributed by atoms with E-state index in [2.05, 4.69) is 26.3 Å². The SMILES string of the molecule is C[C@H](CC(=O)O)NC(=O)CNC(=O)c1cccc(NC(=NCc2ccc(S(N)(=O)=O)cc2)NC#N)c1. The standard InChI is InChI=1S/C22H25N7O6S/c1-14(9-20(31)32)28-19(30)12-25-21(33)16-3-2-4-17(10-16)29-22(27-13-23)26-11-15-5-7-18(8-6-15)36(24,34)35/h2-8,10,14H,9,11-12H2,1H3,(H,25,33)(H,28,30)(H,31,32)(H2,24,34,35)(H2,26,27,29)/t14-/m1/s1. The van der Waals surface area contributed by atoms with Gasteiger partial charge in [0.25, 0.3) is 5.91 Å². The number of aliphatic carboxylic acids is 1. The molecule has 0 saturated carbocycles. The first-order chi connectivity index (χ1) is 17.0. The van der Waals surface area contributed by atoms with Gasteiger partial charge in [-0.2, -0.15) is 5.26 Å². The second kappa shape index (κ2) is 12.8. The molecule has 2 aromatic carbocycles. The number of nitriles is 1. The van der Waals surface area contributed by atoms with Gasteiger partial charge in [0.1, 0.15) is 0 Å². The number of carbonyl (C=O) groups is 3. The maximum absolute atomic E-state index is 12.4. The highest BCUT2D eigenvalue weighted by atomic mass is 32.2. The highest BCUT2D eigenvalue weighted by molar-refractivity contribution is 7.89. The fourth-order valence-corrected chi connectivity index (χ4v) is 3.41. The number of benzene rings is 2. The number of nitrogens with one attached hydrogen (secondary N) is 4. The fraction of sp³-hybridized carbons (Fsp3) is 0.227. The van der Waals surface area contributed by atoms with E-state index >= 15 is 0 Å². The summed E-state index contributed by atoms with van der Waals surface area (Å²) < 4.78 is 22.7. The van der Waals surface area contributed by atoms with Gasteiger partial charge < -0.3 is 21.1 Å². The first-order valence-electron chi connectivity index (χ1n) is 10.5. The molecule has 0 spiro atoms. The zero-order valence-corrected chi connectivity index (χ0v) is 20.0. The summed E-state index contributed by atoms with van der Waals surface area (Å²) in [6.07, 6.45) is 1.51. The Kier molecular flexibility index (Phi) is 9.90. The number of hydrogen-bond donors (Lipinski definition) is 6. The van der Waals surface area contributed by atoms with Crippen LogP contribution in [0, 0.1) is 11.5 Å². The molecule has 0 unspecified atom stereocenters. The molecule has 13 nitrogen and oxygen atoms in total. The van der Waals surface area contributed by atoms with Crippen LogP contribution < -0.4 is 26.4 Å². The van der Waals surface area contributed by atoms with Crippen LogP contribution in [0.3, 0.4) is 0 Å². The van der Waals surface area contributed by atoms with Gasteiger partial charge in [0.2, 0.25) is 21.9 Å². The van der Waals surface area contributed by atoms with Crippen molar-refractivity contribution < 1.29 is 27.9 Å². The van der Waals surface area contributed by atoms with Gasteiger partial charge in [-0.25, -0.2) is 18.5 Å². The molecule has 0 saturated heterocycles. The maximum atomic E-state index is 12.4. The lowest BCUT2D eigenvalue weighted by atomic mass is 10.2. The van der Waals surface area contributed by atoms with E-state index in [9.17, 15) is 22.8 Å². The predicted octanol–water partition coefficient (Wildman–Crippen LogP) is 0.0820. The Morgan fingerprint density at radius 3 is 2.47 bits per heavy atom. The van der Waals surface area contributed by atoms with Gasteiger partial charge in [0.15, 0.2) is 6.19 Å². The highest BCUT2D eigenvalue weighted by Crippen LogP contribution is 2.12. The zero-order valence-electron chi connectivity index (χ0n) is 19.2. The molecular formula is C22H25N7O6S. The average Bonchev–Trinajstić information content (AvgIpc) is 2.80. The Balaban J connectivity index is 2.01. The van der Waals surface area contributed by atoms with Crippen LogP contribution in [0.2, 0.25) is 0 Å². The average molecular weight is 516 g/mol. The minimum Gasteiger partial charge on any atom is -0.481 e. The minimum atomic E-state index is -3.81. The number of carboxylic acid groups (broad SMARTS) is 1. The highest BCUT2D eigenvalue weighted by Gasteiger charge is 2.13. The summed E-state index contributed by atoms with van der Waals surface area (Å²) in [6.45, 7) is 1.31. The van der Waals surface area contributed by atoms with Crippen molar-refractivity contribution in [3.05, 3.63) is 59.7 Å². The minimum absolute atomic E-state index is 0.0360. The van der Waals surface area contributed by atoms with Crippen LogP contribution in [0.15, 0.2) is 58.4 Å². The lowest BCUT2D eigenvalue weighted by molar-refractivity contribution is -0.137. The van der Waals surface area contributed by atoms with E-state index in [1.165, 1.54) is 43.3 Å². The molecule has 0 aromatic heterocycles. The number of hydrogen-bond acceptors (Lipinski definition) is 7. The second-order valence-electron chi connectivity index (χ2n) is 7.55. The van der Waals surface area contributed by atoms with Crippen LogP contribution in [0.5, 0.6) is 0 Å². The molecule has 0 aliphatic carbocycles. The first-order valence-corrected chi connectivity index (χ1v) is 12.0. The summed E-state index contributed by atoms with van der Waals surface area (Å²) in [5, 5.41) is 33.0. The Morgan fingerprint density at radius 2 is 1.86 bits per heavy atom. The molecule has 0 aliphatic heterocycles. The summed E-state index contributed by atoms with van der Waals surface area (Å²) >= 11 is 0.